The van der Waals surface area contributed by atoms with Crippen LogP contribution >= 0.6 is 0 Å². The first-order valence-corrected chi connectivity index (χ1v) is 8.96. The van der Waals surface area contributed by atoms with Gasteiger partial charge < -0.3 is 10.5 Å². The van der Waals surface area contributed by atoms with Gasteiger partial charge in [0, 0.05) is 13.1 Å². The third-order valence-electron chi connectivity index (χ3n) is 4.21. The highest BCUT2D eigenvalue weighted by atomic mass is 32.2. The van der Waals surface area contributed by atoms with Crippen LogP contribution in [-0.4, -0.2) is 38.2 Å². The maximum absolute atomic E-state index is 12.3. The Bertz CT molecular complexity index is 574. The first-order chi connectivity index (χ1) is 9.90. The Kier molecular flexibility index (Phi) is 5.11. The Balaban J connectivity index is 1.89. The van der Waals surface area contributed by atoms with Crippen LogP contribution in [-0.2, 0) is 10.0 Å². The molecule has 1 aliphatic heterocycles. The molecule has 1 fully saturated rings. The molecule has 0 aromatic heterocycles. The summed E-state index contributed by atoms with van der Waals surface area (Å²) in [5.41, 5.74) is 6.29. The minimum Gasteiger partial charge on any atom is -0.490 e. The second-order valence-electron chi connectivity index (χ2n) is 5.80. The van der Waals surface area contributed by atoms with Crippen molar-refractivity contribution >= 4 is 15.7 Å². The third kappa shape index (κ3) is 4.11. The van der Waals surface area contributed by atoms with E-state index in [0.29, 0.717) is 36.4 Å². The molecule has 0 amide bonds. The van der Waals surface area contributed by atoms with Gasteiger partial charge in [-0.3, -0.25) is 0 Å². The van der Waals surface area contributed by atoms with E-state index >= 15 is 0 Å². The van der Waals surface area contributed by atoms with Crippen molar-refractivity contribution in [2.45, 2.75) is 20.3 Å². The minimum atomic E-state index is -3.26. The van der Waals surface area contributed by atoms with Crippen LogP contribution in [0, 0.1) is 11.8 Å². The topological polar surface area (TPSA) is 72.6 Å². The van der Waals surface area contributed by atoms with E-state index in [1.165, 1.54) is 0 Å². The van der Waals surface area contributed by atoms with Crippen LogP contribution in [0.25, 0.3) is 0 Å². The molecular weight excluding hydrogens is 288 g/mol. The van der Waals surface area contributed by atoms with Crippen molar-refractivity contribution in [3.8, 4) is 5.75 Å². The van der Waals surface area contributed by atoms with Crippen molar-refractivity contribution in [2.24, 2.45) is 11.8 Å². The van der Waals surface area contributed by atoms with E-state index in [0.717, 1.165) is 6.42 Å². The van der Waals surface area contributed by atoms with Gasteiger partial charge in [-0.15, -0.1) is 0 Å². The fourth-order valence-electron chi connectivity index (χ4n) is 2.48. The zero-order valence-electron chi connectivity index (χ0n) is 12.7. The van der Waals surface area contributed by atoms with Crippen molar-refractivity contribution < 1.29 is 13.2 Å². The van der Waals surface area contributed by atoms with Crippen molar-refractivity contribution in [3.63, 3.8) is 0 Å². The Morgan fingerprint density at radius 1 is 1.29 bits per heavy atom. The molecule has 118 valence electrons. The number of anilines is 1. The predicted molar refractivity (Wildman–Crippen MR) is 84.7 cm³/mol. The number of nitrogens with two attached hydrogens (primary N) is 1. The average molecular weight is 312 g/mol. The summed E-state index contributed by atoms with van der Waals surface area (Å²) < 4.78 is 31.7. The Morgan fingerprint density at radius 3 is 2.67 bits per heavy atom. The maximum atomic E-state index is 12.3. The van der Waals surface area contributed by atoms with Gasteiger partial charge in [0.05, 0.1) is 11.4 Å². The molecule has 0 spiro atoms. The quantitative estimate of drug-likeness (QED) is 0.844. The van der Waals surface area contributed by atoms with Crippen LogP contribution in [0.3, 0.4) is 0 Å². The number of sulfonamides is 1. The van der Waals surface area contributed by atoms with Gasteiger partial charge in [-0.25, -0.2) is 12.7 Å². The zero-order chi connectivity index (χ0) is 15.5. The monoisotopic (exact) mass is 312 g/mol. The van der Waals surface area contributed by atoms with Crippen LogP contribution in [0.15, 0.2) is 24.3 Å². The van der Waals surface area contributed by atoms with E-state index < -0.39 is 10.0 Å². The number of rotatable bonds is 5. The Hall–Kier alpha value is -1.27. The maximum Gasteiger partial charge on any atom is 0.217 e. The molecule has 2 rings (SSSR count). The van der Waals surface area contributed by atoms with Crippen molar-refractivity contribution in [1.82, 2.24) is 4.31 Å². The van der Waals surface area contributed by atoms with E-state index in [-0.39, 0.29) is 12.4 Å². The van der Waals surface area contributed by atoms with Crippen LogP contribution in [0.4, 0.5) is 5.69 Å². The summed E-state index contributed by atoms with van der Waals surface area (Å²) in [7, 11) is -3.26. The van der Waals surface area contributed by atoms with Crippen molar-refractivity contribution in [2.75, 3.05) is 31.2 Å². The summed E-state index contributed by atoms with van der Waals surface area (Å²) in [5.74, 6) is 1.51. The Labute approximate surface area is 127 Å². The normalized spacial score (nSPS) is 23.9. The van der Waals surface area contributed by atoms with E-state index in [1.54, 1.807) is 16.4 Å². The third-order valence-corrected chi connectivity index (χ3v) is 6.01. The highest BCUT2D eigenvalue weighted by molar-refractivity contribution is 7.89. The fourth-order valence-corrected chi connectivity index (χ4v) is 3.87. The van der Waals surface area contributed by atoms with E-state index in [1.807, 2.05) is 12.1 Å². The average Bonchev–Trinajstić information content (AvgIpc) is 2.44. The van der Waals surface area contributed by atoms with Crippen LogP contribution in [0.1, 0.15) is 20.3 Å². The van der Waals surface area contributed by atoms with Crippen LogP contribution in [0.5, 0.6) is 5.75 Å². The molecule has 6 heteroatoms. The molecule has 2 atom stereocenters. The van der Waals surface area contributed by atoms with Gasteiger partial charge in [0.25, 0.3) is 0 Å². The molecule has 2 N–H and O–H groups in total. The molecule has 21 heavy (non-hydrogen) atoms. The smallest absolute Gasteiger partial charge is 0.217 e. The molecule has 0 bridgehead atoms. The number of piperidine rings is 1. The van der Waals surface area contributed by atoms with Crippen LogP contribution < -0.4 is 10.5 Å². The van der Waals surface area contributed by atoms with Crippen molar-refractivity contribution in [1.29, 1.82) is 0 Å². The fraction of sp³-hybridized carbons (Fsp3) is 0.600. The zero-order valence-corrected chi connectivity index (χ0v) is 13.5. The van der Waals surface area contributed by atoms with Gasteiger partial charge in [0.1, 0.15) is 12.4 Å². The summed E-state index contributed by atoms with van der Waals surface area (Å²) in [6.45, 7) is 5.62. The number of benzene rings is 1. The van der Waals surface area contributed by atoms with Crippen LogP contribution in [0.2, 0.25) is 0 Å². The lowest BCUT2D eigenvalue weighted by Gasteiger charge is -2.34. The summed E-state index contributed by atoms with van der Waals surface area (Å²) >= 11 is 0. The molecule has 1 aromatic carbocycles. The highest BCUT2D eigenvalue weighted by Gasteiger charge is 2.30. The molecule has 0 aliphatic carbocycles. The lowest BCUT2D eigenvalue weighted by molar-refractivity contribution is 0.211. The Morgan fingerprint density at radius 2 is 2.00 bits per heavy atom. The molecule has 0 radical (unpaired) electrons. The lowest BCUT2D eigenvalue weighted by Crippen LogP contribution is -2.43. The van der Waals surface area contributed by atoms with Gasteiger partial charge in [0.2, 0.25) is 10.0 Å². The molecule has 1 aliphatic rings. The largest absolute Gasteiger partial charge is 0.490 e. The number of nitrogens with zero attached hydrogens (tertiary/aromatic N) is 1. The van der Waals surface area contributed by atoms with E-state index in [2.05, 4.69) is 13.8 Å². The summed E-state index contributed by atoms with van der Waals surface area (Å²) in [4.78, 5) is 0. The number of para-hydroxylation sites is 2. The second kappa shape index (κ2) is 6.66. The number of nitrogen functional groups attached to an aromatic ring is 1. The standard InChI is InChI=1S/C15H24N2O3S/c1-12-7-8-17(11-13(12)2)21(18,19)10-9-20-15-6-4-3-5-14(15)16/h3-6,12-13H,7-11,16H2,1-2H3. The first-order valence-electron chi connectivity index (χ1n) is 7.35. The van der Waals surface area contributed by atoms with E-state index in [4.69, 9.17) is 10.5 Å². The number of hydrogen-bond donors (Lipinski definition) is 1. The highest BCUT2D eigenvalue weighted by Crippen LogP contribution is 2.25. The molecule has 1 aromatic rings. The molecular formula is C15H24N2O3S. The molecule has 1 saturated heterocycles. The first kappa shape index (κ1) is 16.1. The van der Waals surface area contributed by atoms with Crippen molar-refractivity contribution in [3.05, 3.63) is 24.3 Å². The SMILES string of the molecule is CC1CCN(S(=O)(=O)CCOc2ccccc2N)CC1C. The molecule has 2 unspecified atom stereocenters. The minimum absolute atomic E-state index is 0.0115. The molecule has 5 nitrogen and oxygen atoms in total. The number of hydrogen-bond acceptors (Lipinski definition) is 4. The molecule has 0 saturated carbocycles. The van der Waals surface area contributed by atoms with Gasteiger partial charge >= 0.3 is 0 Å². The molecule has 1 heterocycles. The summed E-state index contributed by atoms with van der Waals surface area (Å²) in [6, 6.07) is 7.10. The van der Waals surface area contributed by atoms with Gasteiger partial charge in [0.15, 0.2) is 0 Å². The van der Waals surface area contributed by atoms with E-state index in [9.17, 15) is 8.42 Å². The summed E-state index contributed by atoms with van der Waals surface area (Å²) in [5, 5.41) is 0. The van der Waals surface area contributed by atoms with Gasteiger partial charge in [-0.2, -0.15) is 0 Å². The van der Waals surface area contributed by atoms with Gasteiger partial charge in [-0.05, 0) is 30.4 Å². The summed E-state index contributed by atoms with van der Waals surface area (Å²) in [6.07, 6.45) is 0.923. The number of ether oxygens (including phenoxy) is 1. The van der Waals surface area contributed by atoms with Gasteiger partial charge in [-0.1, -0.05) is 26.0 Å². The predicted octanol–water partition coefficient (Wildman–Crippen LogP) is 1.96. The second-order valence-corrected chi connectivity index (χ2v) is 7.89. The lowest BCUT2D eigenvalue weighted by atomic mass is 9.90.